The Morgan fingerprint density at radius 1 is 1.19 bits per heavy atom. The largest absolute Gasteiger partial charge is 0.496 e. The fourth-order valence-electron chi connectivity index (χ4n) is 2.71. The molecule has 1 saturated heterocycles. The van der Waals surface area contributed by atoms with Gasteiger partial charge in [0.05, 0.1) is 36.5 Å². The SMILES string of the molecule is COc1ccc(S(=O)(=O)N2CCOCC2)cc1C(=O)Nc1ccccc1F. The Morgan fingerprint density at radius 3 is 2.56 bits per heavy atom. The third-order valence-corrected chi connectivity index (χ3v) is 6.04. The zero-order valence-electron chi connectivity index (χ0n) is 14.6. The molecule has 1 aliphatic heterocycles. The number of carbonyl (C=O) groups is 1. The van der Waals surface area contributed by atoms with E-state index in [1.54, 1.807) is 6.07 Å². The number of halogens is 1. The number of rotatable bonds is 5. The van der Waals surface area contributed by atoms with Crippen LogP contribution < -0.4 is 10.1 Å². The number of ether oxygens (including phenoxy) is 2. The molecule has 3 rings (SSSR count). The maximum atomic E-state index is 13.8. The first-order valence-electron chi connectivity index (χ1n) is 8.25. The average Bonchev–Trinajstić information content (AvgIpc) is 2.69. The average molecular weight is 394 g/mol. The Morgan fingerprint density at radius 2 is 1.89 bits per heavy atom. The van der Waals surface area contributed by atoms with E-state index in [9.17, 15) is 17.6 Å². The first-order chi connectivity index (χ1) is 12.9. The summed E-state index contributed by atoms with van der Waals surface area (Å²) in [6, 6.07) is 9.73. The highest BCUT2D eigenvalue weighted by Gasteiger charge is 2.28. The van der Waals surface area contributed by atoms with Crippen molar-refractivity contribution in [1.29, 1.82) is 0 Å². The lowest BCUT2D eigenvalue weighted by molar-refractivity contribution is 0.0730. The van der Waals surface area contributed by atoms with Crippen molar-refractivity contribution in [3.05, 3.63) is 53.8 Å². The Bertz CT molecular complexity index is 943. The summed E-state index contributed by atoms with van der Waals surface area (Å²) in [4.78, 5) is 12.6. The van der Waals surface area contributed by atoms with Gasteiger partial charge in [0.1, 0.15) is 11.6 Å². The highest BCUT2D eigenvalue weighted by molar-refractivity contribution is 7.89. The summed E-state index contributed by atoms with van der Waals surface area (Å²) in [7, 11) is -2.41. The summed E-state index contributed by atoms with van der Waals surface area (Å²) in [6.07, 6.45) is 0. The number of benzene rings is 2. The van der Waals surface area contributed by atoms with Crippen LogP contribution in [0.25, 0.3) is 0 Å². The molecule has 1 amide bonds. The van der Waals surface area contributed by atoms with Crippen LogP contribution in [0, 0.1) is 5.82 Å². The van der Waals surface area contributed by atoms with Gasteiger partial charge >= 0.3 is 0 Å². The predicted molar refractivity (Wildman–Crippen MR) is 96.9 cm³/mol. The maximum absolute atomic E-state index is 13.8. The van der Waals surface area contributed by atoms with E-state index in [1.165, 1.54) is 47.8 Å². The van der Waals surface area contributed by atoms with Crippen LogP contribution in [0.15, 0.2) is 47.4 Å². The lowest BCUT2D eigenvalue weighted by Gasteiger charge is -2.26. The summed E-state index contributed by atoms with van der Waals surface area (Å²) in [5.74, 6) is -1.08. The molecule has 2 aromatic carbocycles. The van der Waals surface area contributed by atoms with Crippen LogP contribution >= 0.6 is 0 Å². The number of hydrogen-bond donors (Lipinski definition) is 1. The molecule has 0 aromatic heterocycles. The van der Waals surface area contributed by atoms with Crippen molar-refractivity contribution in [1.82, 2.24) is 4.31 Å². The normalized spacial score (nSPS) is 15.3. The van der Waals surface area contributed by atoms with Gasteiger partial charge in [-0.25, -0.2) is 12.8 Å². The second-order valence-electron chi connectivity index (χ2n) is 5.81. The number of nitrogens with zero attached hydrogens (tertiary/aromatic N) is 1. The third kappa shape index (κ3) is 4.10. The van der Waals surface area contributed by atoms with E-state index >= 15 is 0 Å². The Balaban J connectivity index is 1.94. The minimum Gasteiger partial charge on any atom is -0.496 e. The van der Waals surface area contributed by atoms with Gasteiger partial charge in [0.15, 0.2) is 0 Å². The highest BCUT2D eigenvalue weighted by atomic mass is 32.2. The molecule has 0 unspecified atom stereocenters. The molecular weight excluding hydrogens is 375 g/mol. The van der Waals surface area contributed by atoms with Gasteiger partial charge < -0.3 is 14.8 Å². The van der Waals surface area contributed by atoms with E-state index in [2.05, 4.69) is 5.32 Å². The molecule has 1 aliphatic rings. The van der Waals surface area contributed by atoms with Crippen molar-refractivity contribution in [2.45, 2.75) is 4.90 Å². The van der Waals surface area contributed by atoms with Crippen molar-refractivity contribution in [3.63, 3.8) is 0 Å². The highest BCUT2D eigenvalue weighted by Crippen LogP contribution is 2.26. The summed E-state index contributed by atoms with van der Waals surface area (Å²) in [5, 5.41) is 2.44. The first-order valence-corrected chi connectivity index (χ1v) is 9.69. The van der Waals surface area contributed by atoms with Crippen LogP contribution in [0.2, 0.25) is 0 Å². The minimum absolute atomic E-state index is 0.00455. The zero-order chi connectivity index (χ0) is 19.4. The van der Waals surface area contributed by atoms with Gasteiger partial charge in [-0.3, -0.25) is 4.79 Å². The number of para-hydroxylation sites is 1. The maximum Gasteiger partial charge on any atom is 0.259 e. The van der Waals surface area contributed by atoms with E-state index in [4.69, 9.17) is 9.47 Å². The molecule has 27 heavy (non-hydrogen) atoms. The number of methoxy groups -OCH3 is 1. The topological polar surface area (TPSA) is 84.9 Å². The Hall–Kier alpha value is -2.49. The van der Waals surface area contributed by atoms with Crippen molar-refractivity contribution < 1.29 is 27.1 Å². The van der Waals surface area contributed by atoms with Crippen molar-refractivity contribution in [2.24, 2.45) is 0 Å². The molecule has 0 saturated carbocycles. The third-order valence-electron chi connectivity index (χ3n) is 4.15. The molecule has 144 valence electrons. The van der Waals surface area contributed by atoms with Gasteiger partial charge in [0.2, 0.25) is 10.0 Å². The second-order valence-corrected chi connectivity index (χ2v) is 7.75. The molecule has 2 aromatic rings. The van der Waals surface area contributed by atoms with Gasteiger partial charge in [-0.1, -0.05) is 12.1 Å². The number of amides is 1. The molecular formula is C18H19FN2O5S. The molecule has 0 spiro atoms. The Kier molecular flexibility index (Phi) is 5.73. The molecule has 0 bridgehead atoms. The predicted octanol–water partition coefficient (Wildman–Crippen LogP) is 2.11. The Labute approximate surface area is 156 Å². The van der Waals surface area contributed by atoms with E-state index in [0.717, 1.165) is 0 Å². The quantitative estimate of drug-likeness (QED) is 0.840. The van der Waals surface area contributed by atoms with E-state index in [1.807, 2.05) is 0 Å². The van der Waals surface area contributed by atoms with Crippen LogP contribution in [-0.4, -0.2) is 52.0 Å². The fourth-order valence-corrected chi connectivity index (χ4v) is 4.15. The zero-order valence-corrected chi connectivity index (χ0v) is 15.5. The van der Waals surface area contributed by atoms with Crippen LogP contribution in [0.3, 0.4) is 0 Å². The monoisotopic (exact) mass is 394 g/mol. The van der Waals surface area contributed by atoms with Crippen LogP contribution in [0.5, 0.6) is 5.75 Å². The van der Waals surface area contributed by atoms with Gasteiger partial charge in [0.25, 0.3) is 5.91 Å². The van der Waals surface area contributed by atoms with Gasteiger partial charge in [-0.15, -0.1) is 0 Å². The van der Waals surface area contributed by atoms with Crippen molar-refractivity contribution in [2.75, 3.05) is 38.7 Å². The number of hydrogen-bond acceptors (Lipinski definition) is 5. The van der Waals surface area contributed by atoms with Gasteiger partial charge in [-0.2, -0.15) is 4.31 Å². The molecule has 1 fully saturated rings. The lowest BCUT2D eigenvalue weighted by Crippen LogP contribution is -2.40. The summed E-state index contributed by atoms with van der Waals surface area (Å²) >= 11 is 0. The smallest absolute Gasteiger partial charge is 0.259 e. The number of morpholine rings is 1. The number of sulfonamides is 1. The molecule has 9 heteroatoms. The summed E-state index contributed by atoms with van der Waals surface area (Å²) < 4.78 is 51.1. The summed E-state index contributed by atoms with van der Waals surface area (Å²) in [6.45, 7) is 1.11. The van der Waals surface area contributed by atoms with E-state index in [0.29, 0.717) is 13.2 Å². The molecule has 0 aliphatic carbocycles. The number of nitrogens with one attached hydrogen (secondary N) is 1. The van der Waals surface area contributed by atoms with Crippen LogP contribution in [0.4, 0.5) is 10.1 Å². The standard InChI is InChI=1S/C18H19FN2O5S/c1-25-17-7-6-13(27(23,24)21-8-10-26-11-9-21)12-14(17)18(22)20-16-5-3-2-4-15(16)19/h2-7,12H,8-11H2,1H3,(H,20,22). The number of carbonyl (C=O) groups excluding carboxylic acids is 1. The molecule has 7 nitrogen and oxygen atoms in total. The van der Waals surface area contributed by atoms with Crippen molar-refractivity contribution >= 4 is 21.6 Å². The van der Waals surface area contributed by atoms with Crippen molar-refractivity contribution in [3.8, 4) is 5.75 Å². The minimum atomic E-state index is -3.78. The first kappa shape index (κ1) is 19.3. The van der Waals surface area contributed by atoms with E-state index in [-0.39, 0.29) is 35.0 Å². The van der Waals surface area contributed by atoms with Gasteiger partial charge in [0, 0.05) is 13.1 Å². The molecule has 0 radical (unpaired) electrons. The van der Waals surface area contributed by atoms with Crippen LogP contribution in [-0.2, 0) is 14.8 Å². The van der Waals surface area contributed by atoms with Crippen LogP contribution in [0.1, 0.15) is 10.4 Å². The summed E-state index contributed by atoms with van der Waals surface area (Å²) in [5.41, 5.74) is -0.0129. The molecule has 0 atom stereocenters. The fraction of sp³-hybridized carbons (Fsp3) is 0.278. The van der Waals surface area contributed by atoms with Gasteiger partial charge in [-0.05, 0) is 30.3 Å². The molecule has 1 heterocycles. The second kappa shape index (κ2) is 8.03. The number of anilines is 1. The van der Waals surface area contributed by atoms with E-state index < -0.39 is 21.7 Å². The molecule has 1 N–H and O–H groups in total. The lowest BCUT2D eigenvalue weighted by atomic mass is 10.2.